The lowest BCUT2D eigenvalue weighted by Crippen LogP contribution is -2.46. The van der Waals surface area contributed by atoms with Gasteiger partial charge in [0.1, 0.15) is 0 Å². The maximum atomic E-state index is 11.9. The number of aromatic nitrogens is 1. The molecule has 1 aromatic heterocycles. The Hall–Kier alpha value is -1.42. The van der Waals surface area contributed by atoms with Crippen LogP contribution in [0.25, 0.3) is 0 Å². The predicted molar refractivity (Wildman–Crippen MR) is 66.3 cm³/mol. The monoisotopic (exact) mass is 233 g/mol. The van der Waals surface area contributed by atoms with Crippen LogP contribution in [0.3, 0.4) is 0 Å². The zero-order valence-corrected chi connectivity index (χ0v) is 10.2. The molecule has 1 aliphatic carbocycles. The quantitative estimate of drug-likeness (QED) is 0.837. The molecule has 17 heavy (non-hydrogen) atoms. The third-order valence-electron chi connectivity index (χ3n) is 3.36. The van der Waals surface area contributed by atoms with Crippen LogP contribution >= 0.6 is 0 Å². The van der Waals surface area contributed by atoms with Crippen LogP contribution in [0.2, 0.25) is 0 Å². The molecule has 1 amide bonds. The number of carbonyl (C=O) groups excluding carboxylic acids is 1. The van der Waals surface area contributed by atoms with E-state index in [1.165, 1.54) is 0 Å². The summed E-state index contributed by atoms with van der Waals surface area (Å²) in [6.45, 7) is 0.746. The summed E-state index contributed by atoms with van der Waals surface area (Å²) >= 11 is 0. The Morgan fingerprint density at radius 2 is 2.35 bits per heavy atom. The second kappa shape index (κ2) is 5.27. The molecule has 2 rings (SSSR count). The highest BCUT2D eigenvalue weighted by Gasteiger charge is 2.33. The average molecular weight is 233 g/mol. The van der Waals surface area contributed by atoms with Crippen LogP contribution in [0.4, 0.5) is 0 Å². The third kappa shape index (κ3) is 3.03. The number of hydrogen-bond donors (Lipinski definition) is 1. The van der Waals surface area contributed by atoms with Crippen molar-refractivity contribution in [2.45, 2.75) is 25.3 Å². The van der Waals surface area contributed by atoms with Gasteiger partial charge in [-0.15, -0.1) is 0 Å². The van der Waals surface area contributed by atoms with Gasteiger partial charge in [0.25, 0.3) is 0 Å². The SMILES string of the molecule is CN(CCc1cccnc1)C(=O)C1CC(N)C1. The van der Waals surface area contributed by atoms with Crippen LogP contribution in [0.15, 0.2) is 24.5 Å². The second-order valence-corrected chi connectivity index (χ2v) is 4.80. The van der Waals surface area contributed by atoms with E-state index < -0.39 is 0 Å². The van der Waals surface area contributed by atoms with Gasteiger partial charge < -0.3 is 10.6 Å². The fourth-order valence-electron chi connectivity index (χ4n) is 2.13. The van der Waals surface area contributed by atoms with Crippen LogP contribution in [0.5, 0.6) is 0 Å². The molecule has 0 unspecified atom stereocenters. The highest BCUT2D eigenvalue weighted by atomic mass is 16.2. The van der Waals surface area contributed by atoms with Crippen molar-refractivity contribution >= 4 is 5.91 Å². The number of hydrogen-bond acceptors (Lipinski definition) is 3. The summed E-state index contributed by atoms with van der Waals surface area (Å²) in [6.07, 6.45) is 6.15. The summed E-state index contributed by atoms with van der Waals surface area (Å²) < 4.78 is 0. The van der Waals surface area contributed by atoms with Gasteiger partial charge in [0.15, 0.2) is 0 Å². The van der Waals surface area contributed by atoms with Crippen LogP contribution in [0.1, 0.15) is 18.4 Å². The van der Waals surface area contributed by atoms with Gasteiger partial charge >= 0.3 is 0 Å². The van der Waals surface area contributed by atoms with Crippen molar-refractivity contribution in [2.24, 2.45) is 11.7 Å². The average Bonchev–Trinajstić information content (AvgIpc) is 2.32. The van der Waals surface area contributed by atoms with Crippen LogP contribution < -0.4 is 5.73 Å². The first-order valence-corrected chi connectivity index (χ1v) is 6.06. The van der Waals surface area contributed by atoms with Crippen molar-refractivity contribution in [2.75, 3.05) is 13.6 Å². The van der Waals surface area contributed by atoms with Crippen LogP contribution in [0, 0.1) is 5.92 Å². The molecule has 1 heterocycles. The summed E-state index contributed by atoms with van der Waals surface area (Å²) in [4.78, 5) is 17.8. The second-order valence-electron chi connectivity index (χ2n) is 4.80. The van der Waals surface area contributed by atoms with Gasteiger partial charge in [-0.1, -0.05) is 6.07 Å². The van der Waals surface area contributed by atoms with Crippen molar-refractivity contribution in [3.8, 4) is 0 Å². The molecule has 1 fully saturated rings. The molecular weight excluding hydrogens is 214 g/mol. The maximum absolute atomic E-state index is 11.9. The van der Waals surface area contributed by atoms with E-state index in [-0.39, 0.29) is 17.9 Å². The largest absolute Gasteiger partial charge is 0.345 e. The maximum Gasteiger partial charge on any atom is 0.225 e. The first-order valence-electron chi connectivity index (χ1n) is 6.06. The Labute approximate surface area is 102 Å². The van der Waals surface area contributed by atoms with Gasteiger partial charge in [-0.2, -0.15) is 0 Å². The zero-order valence-electron chi connectivity index (χ0n) is 10.2. The number of amides is 1. The van der Waals surface area contributed by atoms with E-state index >= 15 is 0 Å². The minimum absolute atomic E-state index is 0.156. The van der Waals surface area contributed by atoms with Gasteiger partial charge in [0.2, 0.25) is 5.91 Å². The zero-order chi connectivity index (χ0) is 12.3. The van der Waals surface area contributed by atoms with Crippen molar-refractivity contribution in [1.29, 1.82) is 0 Å². The Balaban J connectivity index is 1.77. The van der Waals surface area contributed by atoms with Crippen molar-refractivity contribution in [3.63, 3.8) is 0 Å². The van der Waals surface area contributed by atoms with Crippen molar-refractivity contribution in [3.05, 3.63) is 30.1 Å². The third-order valence-corrected chi connectivity index (χ3v) is 3.36. The Bertz CT molecular complexity index is 374. The summed E-state index contributed by atoms with van der Waals surface area (Å²) in [5.74, 6) is 0.388. The number of nitrogens with two attached hydrogens (primary N) is 1. The molecule has 4 heteroatoms. The molecule has 1 aliphatic rings. The van der Waals surface area contributed by atoms with Crippen molar-refractivity contribution in [1.82, 2.24) is 9.88 Å². The minimum Gasteiger partial charge on any atom is -0.345 e. The number of nitrogens with zero attached hydrogens (tertiary/aromatic N) is 2. The lowest BCUT2D eigenvalue weighted by molar-refractivity contribution is -0.137. The molecule has 0 bridgehead atoms. The fraction of sp³-hybridized carbons (Fsp3) is 0.538. The van der Waals surface area contributed by atoms with Gasteiger partial charge in [-0.05, 0) is 30.9 Å². The topological polar surface area (TPSA) is 59.2 Å². The standard InChI is InChI=1S/C13H19N3O/c1-16(13(17)11-7-12(14)8-11)6-4-10-3-2-5-15-9-10/h2-3,5,9,11-12H,4,6-8,14H2,1H3. The molecule has 0 aromatic carbocycles. The predicted octanol–water partition coefficient (Wildman–Crippen LogP) is 0.820. The number of pyridine rings is 1. The number of carbonyl (C=O) groups is 1. The van der Waals surface area contributed by atoms with E-state index in [2.05, 4.69) is 4.98 Å². The Morgan fingerprint density at radius 1 is 1.59 bits per heavy atom. The van der Waals surface area contributed by atoms with E-state index in [9.17, 15) is 4.79 Å². The van der Waals surface area contributed by atoms with Gasteiger partial charge in [-0.3, -0.25) is 9.78 Å². The highest BCUT2D eigenvalue weighted by molar-refractivity contribution is 5.79. The van der Waals surface area contributed by atoms with Crippen molar-refractivity contribution < 1.29 is 4.79 Å². The molecule has 0 saturated heterocycles. The Kier molecular flexibility index (Phi) is 3.74. The number of likely N-dealkylation sites (N-methyl/N-ethyl adjacent to an activating group) is 1. The number of rotatable bonds is 4. The molecule has 0 spiro atoms. The lowest BCUT2D eigenvalue weighted by Gasteiger charge is -2.34. The van der Waals surface area contributed by atoms with Gasteiger partial charge in [0, 0.05) is 37.9 Å². The summed E-state index contributed by atoms with van der Waals surface area (Å²) in [5.41, 5.74) is 6.86. The normalized spacial score (nSPS) is 22.9. The Morgan fingerprint density at radius 3 is 2.94 bits per heavy atom. The molecule has 0 aliphatic heterocycles. The first-order chi connectivity index (χ1) is 8.16. The van der Waals surface area contributed by atoms with Gasteiger partial charge in [0.05, 0.1) is 0 Å². The lowest BCUT2D eigenvalue weighted by atomic mass is 9.80. The van der Waals surface area contributed by atoms with E-state index in [0.717, 1.165) is 31.4 Å². The van der Waals surface area contributed by atoms with E-state index in [4.69, 9.17) is 5.73 Å². The van der Waals surface area contributed by atoms with Gasteiger partial charge in [-0.25, -0.2) is 0 Å². The molecular formula is C13H19N3O. The fourth-order valence-corrected chi connectivity index (χ4v) is 2.13. The van der Waals surface area contributed by atoms with Crippen LogP contribution in [-0.2, 0) is 11.2 Å². The summed E-state index contributed by atoms with van der Waals surface area (Å²) in [5, 5.41) is 0. The first kappa shape index (κ1) is 12.0. The molecule has 1 aromatic rings. The highest BCUT2D eigenvalue weighted by Crippen LogP contribution is 2.27. The van der Waals surface area contributed by atoms with E-state index in [1.807, 2.05) is 30.3 Å². The molecule has 0 radical (unpaired) electrons. The molecule has 2 N–H and O–H groups in total. The smallest absolute Gasteiger partial charge is 0.225 e. The van der Waals surface area contributed by atoms with Crippen LogP contribution in [-0.4, -0.2) is 35.4 Å². The molecule has 0 atom stereocenters. The summed E-state index contributed by atoms with van der Waals surface area (Å²) in [6, 6.07) is 4.18. The molecule has 1 saturated carbocycles. The summed E-state index contributed by atoms with van der Waals surface area (Å²) in [7, 11) is 1.86. The van der Waals surface area contributed by atoms with E-state index in [0.29, 0.717) is 0 Å². The minimum atomic E-state index is 0.156. The molecule has 4 nitrogen and oxygen atoms in total. The van der Waals surface area contributed by atoms with E-state index in [1.54, 1.807) is 6.20 Å². The molecule has 92 valence electrons.